The first-order valence-electron chi connectivity index (χ1n) is 10.9. The normalized spacial score (nSPS) is 12.7. The van der Waals surface area contributed by atoms with Crippen LogP contribution in [0.15, 0.2) is 53.3 Å². The van der Waals surface area contributed by atoms with Crippen molar-refractivity contribution in [3.8, 4) is 11.1 Å². The standard InChI is InChI=1S/C25H18Cl2F6N2O4/c1-35-18(25(31,32)33)11-14(24(28,29)30)19(22(35)37)13-8-6-12(7-9-13)10-17(23(38)39-2)34-21(36)20-15(26)4-3-5-16(20)27/h3-9,11,17H,10H2,1-2H3,(H,34,36). The van der Waals surface area contributed by atoms with E-state index in [1.165, 1.54) is 30.3 Å². The Bertz CT molecular complexity index is 1450. The second-order valence-electron chi connectivity index (χ2n) is 8.22. The number of benzene rings is 2. The Labute approximate surface area is 227 Å². The van der Waals surface area contributed by atoms with Gasteiger partial charge in [-0.25, -0.2) is 4.79 Å². The van der Waals surface area contributed by atoms with Gasteiger partial charge in [0.15, 0.2) is 0 Å². The van der Waals surface area contributed by atoms with E-state index in [-0.39, 0.29) is 38.2 Å². The smallest absolute Gasteiger partial charge is 0.431 e. The van der Waals surface area contributed by atoms with E-state index in [1.54, 1.807) is 0 Å². The summed E-state index contributed by atoms with van der Waals surface area (Å²) in [5, 5.41) is 2.48. The maximum Gasteiger partial charge on any atom is 0.431 e. The first kappa shape index (κ1) is 30.0. The summed E-state index contributed by atoms with van der Waals surface area (Å²) in [6, 6.07) is 7.65. The molecule has 1 aromatic heterocycles. The monoisotopic (exact) mass is 594 g/mol. The maximum absolute atomic E-state index is 13.7. The van der Waals surface area contributed by atoms with Crippen LogP contribution in [0.25, 0.3) is 11.1 Å². The maximum atomic E-state index is 13.7. The van der Waals surface area contributed by atoms with Gasteiger partial charge in [-0.05, 0) is 29.3 Å². The van der Waals surface area contributed by atoms with E-state index in [4.69, 9.17) is 27.9 Å². The predicted molar refractivity (Wildman–Crippen MR) is 131 cm³/mol. The number of hydrogen-bond acceptors (Lipinski definition) is 4. The van der Waals surface area contributed by atoms with Crippen molar-refractivity contribution in [3.05, 3.63) is 91.3 Å². The van der Waals surface area contributed by atoms with Crippen molar-refractivity contribution in [3.63, 3.8) is 0 Å². The lowest BCUT2D eigenvalue weighted by Crippen LogP contribution is -2.43. The largest absolute Gasteiger partial charge is 0.467 e. The molecule has 0 aliphatic heterocycles. The summed E-state index contributed by atoms with van der Waals surface area (Å²) in [7, 11) is 1.80. The summed E-state index contributed by atoms with van der Waals surface area (Å²) >= 11 is 12.1. The van der Waals surface area contributed by atoms with Crippen molar-refractivity contribution in [2.75, 3.05) is 7.11 Å². The van der Waals surface area contributed by atoms with Gasteiger partial charge in [-0.1, -0.05) is 53.5 Å². The molecule has 1 atom stereocenters. The van der Waals surface area contributed by atoms with Crippen LogP contribution in [-0.2, 0) is 35.4 Å². The molecule has 1 amide bonds. The van der Waals surface area contributed by atoms with E-state index < -0.39 is 52.7 Å². The van der Waals surface area contributed by atoms with Crippen LogP contribution in [0.3, 0.4) is 0 Å². The quantitative estimate of drug-likeness (QED) is 0.284. The molecule has 208 valence electrons. The molecule has 0 aliphatic carbocycles. The number of ether oxygens (including phenoxy) is 1. The zero-order valence-electron chi connectivity index (χ0n) is 20.0. The summed E-state index contributed by atoms with van der Waals surface area (Å²) in [4.78, 5) is 37.7. The van der Waals surface area contributed by atoms with Gasteiger partial charge in [0.25, 0.3) is 11.5 Å². The van der Waals surface area contributed by atoms with Crippen LogP contribution < -0.4 is 10.9 Å². The van der Waals surface area contributed by atoms with Gasteiger partial charge in [-0.2, -0.15) is 26.3 Å². The van der Waals surface area contributed by atoms with Gasteiger partial charge >= 0.3 is 18.3 Å². The van der Waals surface area contributed by atoms with E-state index in [0.29, 0.717) is 5.56 Å². The van der Waals surface area contributed by atoms with Crippen LogP contribution in [0.1, 0.15) is 27.2 Å². The predicted octanol–water partition coefficient (Wildman–Crippen LogP) is 5.91. The number of halogens is 8. The van der Waals surface area contributed by atoms with Crippen molar-refractivity contribution >= 4 is 35.1 Å². The van der Waals surface area contributed by atoms with Crippen molar-refractivity contribution in [1.29, 1.82) is 0 Å². The second-order valence-corrected chi connectivity index (χ2v) is 9.04. The molecular weight excluding hydrogens is 577 g/mol. The first-order valence-corrected chi connectivity index (χ1v) is 11.6. The molecule has 3 aromatic rings. The summed E-state index contributed by atoms with van der Waals surface area (Å²) in [5.74, 6) is -1.65. The Morgan fingerprint density at radius 2 is 1.54 bits per heavy atom. The highest BCUT2D eigenvalue weighted by Gasteiger charge is 2.41. The van der Waals surface area contributed by atoms with Crippen molar-refractivity contribution in [1.82, 2.24) is 9.88 Å². The molecule has 6 nitrogen and oxygen atoms in total. The number of nitrogens with zero attached hydrogens (tertiary/aromatic N) is 1. The highest BCUT2D eigenvalue weighted by atomic mass is 35.5. The zero-order valence-corrected chi connectivity index (χ0v) is 21.5. The minimum atomic E-state index is -5.26. The third-order valence-corrected chi connectivity index (χ3v) is 6.32. The fourth-order valence-electron chi connectivity index (χ4n) is 3.80. The highest BCUT2D eigenvalue weighted by Crippen LogP contribution is 2.39. The number of alkyl halides is 6. The van der Waals surface area contributed by atoms with Crippen molar-refractivity contribution < 1.29 is 40.7 Å². The lowest BCUT2D eigenvalue weighted by Gasteiger charge is -2.19. The number of nitrogens with one attached hydrogen (secondary N) is 1. The van der Waals surface area contributed by atoms with E-state index in [9.17, 15) is 40.7 Å². The Kier molecular flexibility index (Phi) is 8.71. The lowest BCUT2D eigenvalue weighted by atomic mass is 9.97. The van der Waals surface area contributed by atoms with Gasteiger partial charge < -0.3 is 14.6 Å². The average molecular weight is 595 g/mol. The molecular formula is C25H18Cl2F6N2O4. The van der Waals surface area contributed by atoms with Crippen LogP contribution in [0.4, 0.5) is 26.3 Å². The summed E-state index contributed by atoms with van der Waals surface area (Å²) in [6.45, 7) is 0. The topological polar surface area (TPSA) is 77.4 Å². The Balaban J connectivity index is 1.98. The van der Waals surface area contributed by atoms with Crippen LogP contribution >= 0.6 is 23.2 Å². The van der Waals surface area contributed by atoms with Crippen LogP contribution in [0, 0.1) is 0 Å². The van der Waals surface area contributed by atoms with Gasteiger partial charge in [0.05, 0.1) is 33.8 Å². The number of carbonyl (C=O) groups is 2. The number of pyridine rings is 1. The second kappa shape index (κ2) is 11.3. The number of carbonyl (C=O) groups excluding carboxylic acids is 2. The molecule has 1 heterocycles. The number of aromatic nitrogens is 1. The molecule has 0 radical (unpaired) electrons. The number of amides is 1. The molecule has 0 bridgehead atoms. The first-order chi connectivity index (χ1) is 18.1. The highest BCUT2D eigenvalue weighted by molar-refractivity contribution is 6.39. The van der Waals surface area contributed by atoms with E-state index >= 15 is 0 Å². The van der Waals surface area contributed by atoms with E-state index in [0.717, 1.165) is 26.3 Å². The Hall–Kier alpha value is -3.51. The summed E-state index contributed by atoms with van der Waals surface area (Å²) in [5.41, 5.74) is -6.06. The minimum Gasteiger partial charge on any atom is -0.467 e. The van der Waals surface area contributed by atoms with Gasteiger partial charge in [-0.15, -0.1) is 0 Å². The number of rotatable bonds is 6. The van der Waals surface area contributed by atoms with Crippen LogP contribution in [0.2, 0.25) is 10.0 Å². The fraction of sp³-hybridized carbons (Fsp3) is 0.240. The average Bonchev–Trinajstić information content (AvgIpc) is 2.83. The number of hydrogen-bond donors (Lipinski definition) is 1. The molecule has 0 aliphatic rings. The van der Waals surface area contributed by atoms with Crippen molar-refractivity contribution in [2.24, 2.45) is 7.05 Å². The molecule has 0 spiro atoms. The molecule has 0 saturated heterocycles. The molecule has 14 heteroatoms. The van der Waals surface area contributed by atoms with Crippen LogP contribution in [0.5, 0.6) is 0 Å². The molecule has 1 N–H and O–H groups in total. The Morgan fingerprint density at radius 3 is 2.03 bits per heavy atom. The van der Waals surface area contributed by atoms with E-state index in [1.807, 2.05) is 0 Å². The van der Waals surface area contributed by atoms with Crippen LogP contribution in [-0.4, -0.2) is 29.6 Å². The van der Waals surface area contributed by atoms with Gasteiger partial charge in [0.2, 0.25) is 0 Å². The van der Waals surface area contributed by atoms with Crippen molar-refractivity contribution in [2.45, 2.75) is 24.8 Å². The van der Waals surface area contributed by atoms with E-state index in [2.05, 4.69) is 5.32 Å². The summed E-state index contributed by atoms with van der Waals surface area (Å²) in [6.07, 6.45) is -10.7. The number of methoxy groups -OCH3 is 1. The van der Waals surface area contributed by atoms with Gasteiger partial charge in [0.1, 0.15) is 11.7 Å². The molecule has 0 fully saturated rings. The third kappa shape index (κ3) is 6.56. The SMILES string of the molecule is COC(=O)C(Cc1ccc(-c2c(C(F)(F)F)cc(C(F)(F)F)n(C)c2=O)cc1)NC(=O)c1c(Cl)cccc1Cl. The van der Waals surface area contributed by atoms with Gasteiger partial charge in [0, 0.05) is 13.5 Å². The third-order valence-electron chi connectivity index (χ3n) is 5.69. The molecule has 39 heavy (non-hydrogen) atoms. The fourth-order valence-corrected chi connectivity index (χ4v) is 4.37. The molecule has 3 rings (SSSR count). The Morgan fingerprint density at radius 1 is 0.974 bits per heavy atom. The molecule has 1 unspecified atom stereocenters. The zero-order chi connectivity index (χ0) is 29.3. The molecule has 2 aromatic carbocycles. The van der Waals surface area contributed by atoms with Gasteiger partial charge in [-0.3, -0.25) is 9.59 Å². The lowest BCUT2D eigenvalue weighted by molar-refractivity contribution is -0.147. The summed E-state index contributed by atoms with van der Waals surface area (Å²) < 4.78 is 85.6. The molecule has 0 saturated carbocycles. The minimum absolute atomic E-state index is 0.0200. The number of esters is 1.